The van der Waals surface area contributed by atoms with Gasteiger partial charge in [-0.2, -0.15) is 0 Å². The molecule has 2 fully saturated rings. The fourth-order valence-electron chi connectivity index (χ4n) is 2.91. The normalized spacial score (nSPS) is 31.9. The topological polar surface area (TPSA) is 67.6 Å². The molecule has 0 bridgehead atoms. The van der Waals surface area contributed by atoms with E-state index < -0.39 is 5.54 Å². The monoisotopic (exact) mass is 269 g/mol. The van der Waals surface area contributed by atoms with Crippen molar-refractivity contribution in [2.24, 2.45) is 5.73 Å². The summed E-state index contributed by atoms with van der Waals surface area (Å²) < 4.78 is 5.43. The molecule has 1 aliphatic heterocycles. The minimum Gasteiger partial charge on any atom is -0.381 e. The number of nitrogens with two attached hydrogens (primary N) is 1. The fraction of sp³-hybridized carbons (Fsp3) is 0.929. The van der Waals surface area contributed by atoms with Crippen molar-refractivity contribution in [2.45, 2.75) is 63.3 Å². The highest BCUT2D eigenvalue weighted by Crippen LogP contribution is 2.25. The first kappa shape index (κ1) is 14.8. The van der Waals surface area contributed by atoms with Crippen LogP contribution < -0.4 is 11.1 Å². The third-order valence-electron chi connectivity index (χ3n) is 4.46. The average molecular weight is 269 g/mol. The summed E-state index contributed by atoms with van der Waals surface area (Å²) in [5, 5.41) is 3.41. The van der Waals surface area contributed by atoms with Gasteiger partial charge in [0.25, 0.3) is 0 Å². The lowest BCUT2D eigenvalue weighted by atomic mass is 9.95. The van der Waals surface area contributed by atoms with Gasteiger partial charge < -0.3 is 10.5 Å². The van der Waals surface area contributed by atoms with Gasteiger partial charge in [0.1, 0.15) is 5.54 Å². The van der Waals surface area contributed by atoms with Gasteiger partial charge >= 0.3 is 0 Å². The van der Waals surface area contributed by atoms with Crippen molar-refractivity contribution in [3.63, 3.8) is 0 Å². The van der Waals surface area contributed by atoms with Crippen molar-refractivity contribution in [1.29, 1.82) is 0 Å². The van der Waals surface area contributed by atoms with Gasteiger partial charge in [-0.15, -0.1) is 0 Å². The lowest BCUT2D eigenvalue weighted by Crippen LogP contribution is -2.62. The van der Waals surface area contributed by atoms with E-state index in [-0.39, 0.29) is 5.91 Å². The second-order valence-electron chi connectivity index (χ2n) is 6.32. The summed E-state index contributed by atoms with van der Waals surface area (Å²) in [6.07, 6.45) is 4.71. The molecule has 0 aromatic rings. The Hall–Kier alpha value is -0.650. The minimum atomic E-state index is -0.616. The van der Waals surface area contributed by atoms with Crippen molar-refractivity contribution >= 4 is 5.91 Å². The van der Waals surface area contributed by atoms with E-state index in [2.05, 4.69) is 17.1 Å². The summed E-state index contributed by atoms with van der Waals surface area (Å²) in [4.78, 5) is 14.2. The number of likely N-dealkylation sites (tertiary alicyclic amines) is 1. The van der Waals surface area contributed by atoms with Crippen molar-refractivity contribution in [2.75, 3.05) is 20.2 Å². The van der Waals surface area contributed by atoms with E-state index in [1.165, 1.54) is 0 Å². The number of hydrogen-bond donors (Lipinski definition) is 2. The Bertz CT molecular complexity index is 333. The van der Waals surface area contributed by atoms with Crippen molar-refractivity contribution < 1.29 is 9.53 Å². The van der Waals surface area contributed by atoms with Crippen LogP contribution in [0.15, 0.2) is 0 Å². The molecule has 1 aliphatic carbocycles. The Morgan fingerprint density at radius 1 is 1.47 bits per heavy atom. The highest BCUT2D eigenvalue weighted by atomic mass is 16.5. The zero-order valence-corrected chi connectivity index (χ0v) is 12.3. The molecule has 5 nitrogen and oxygen atoms in total. The third-order valence-corrected chi connectivity index (χ3v) is 4.46. The molecule has 0 aromatic heterocycles. The lowest BCUT2D eigenvalue weighted by Gasteiger charge is -2.41. The second-order valence-corrected chi connectivity index (χ2v) is 6.32. The summed E-state index contributed by atoms with van der Waals surface area (Å²) in [7, 11) is 1.77. The van der Waals surface area contributed by atoms with E-state index in [0.29, 0.717) is 24.7 Å². The predicted molar refractivity (Wildman–Crippen MR) is 74.8 cm³/mol. The number of ether oxygens (including phenoxy) is 1. The fourth-order valence-corrected chi connectivity index (χ4v) is 2.91. The van der Waals surface area contributed by atoms with Crippen molar-refractivity contribution in [3.05, 3.63) is 0 Å². The highest BCUT2D eigenvalue weighted by molar-refractivity contribution is 5.84. The largest absolute Gasteiger partial charge is 0.381 e. The van der Waals surface area contributed by atoms with Gasteiger partial charge in [0.2, 0.25) is 5.91 Å². The Morgan fingerprint density at radius 2 is 2.16 bits per heavy atom. The van der Waals surface area contributed by atoms with Crippen LogP contribution in [0.2, 0.25) is 0 Å². The minimum absolute atomic E-state index is 0.250. The van der Waals surface area contributed by atoms with E-state index in [0.717, 1.165) is 32.2 Å². The van der Waals surface area contributed by atoms with Crippen LogP contribution in [0.5, 0.6) is 0 Å². The summed E-state index contributed by atoms with van der Waals surface area (Å²) in [6, 6.07) is 0.905. The van der Waals surface area contributed by atoms with Gasteiger partial charge in [-0.05, 0) is 39.5 Å². The number of amides is 1. The molecule has 110 valence electrons. The maximum absolute atomic E-state index is 11.8. The smallest absolute Gasteiger partial charge is 0.238 e. The lowest BCUT2D eigenvalue weighted by molar-refractivity contribution is -0.125. The molecule has 2 rings (SSSR count). The Kier molecular flexibility index (Phi) is 4.48. The predicted octanol–water partition coefficient (Wildman–Crippen LogP) is 0.482. The summed E-state index contributed by atoms with van der Waals surface area (Å²) in [5.74, 6) is -0.250. The van der Waals surface area contributed by atoms with Gasteiger partial charge in [-0.3, -0.25) is 15.0 Å². The maximum atomic E-state index is 11.8. The molecule has 3 N–H and O–H groups in total. The van der Waals surface area contributed by atoms with Crippen LogP contribution in [-0.2, 0) is 9.53 Å². The molecular formula is C14H27N3O2. The molecular weight excluding hydrogens is 242 g/mol. The van der Waals surface area contributed by atoms with E-state index >= 15 is 0 Å². The zero-order chi connectivity index (χ0) is 14.0. The third kappa shape index (κ3) is 3.68. The molecule has 3 atom stereocenters. The number of piperidine rings is 1. The molecule has 1 heterocycles. The number of nitrogens with one attached hydrogen (secondary N) is 1. The number of carbonyl (C=O) groups excluding carboxylic acids is 1. The average Bonchev–Trinajstić information content (AvgIpc) is 3.15. The van der Waals surface area contributed by atoms with Gasteiger partial charge in [-0.25, -0.2) is 0 Å². The van der Waals surface area contributed by atoms with Crippen molar-refractivity contribution in [3.8, 4) is 0 Å². The molecule has 1 saturated carbocycles. The molecule has 1 amide bonds. The standard InChI is InChI=1S/C14H27N3O2/c1-10-8-12(19-3)6-7-17(10)9-14(2,13(15)18)16-11-4-5-11/h10-12,16H,4-9H2,1-3H3,(H2,15,18). The quantitative estimate of drug-likeness (QED) is 0.736. The molecule has 0 aromatic carbocycles. The summed E-state index contributed by atoms with van der Waals surface area (Å²) >= 11 is 0. The van der Waals surface area contributed by atoms with Crippen LogP contribution >= 0.6 is 0 Å². The van der Waals surface area contributed by atoms with E-state index in [1.54, 1.807) is 7.11 Å². The first-order chi connectivity index (χ1) is 8.94. The number of rotatable bonds is 6. The van der Waals surface area contributed by atoms with Crippen LogP contribution in [0.25, 0.3) is 0 Å². The van der Waals surface area contributed by atoms with E-state index in [1.807, 2.05) is 6.92 Å². The van der Waals surface area contributed by atoms with Crippen LogP contribution in [0.3, 0.4) is 0 Å². The molecule has 2 aliphatic rings. The number of methoxy groups -OCH3 is 1. The van der Waals surface area contributed by atoms with Gasteiger partial charge in [0.05, 0.1) is 6.10 Å². The molecule has 1 saturated heterocycles. The summed E-state index contributed by atoms with van der Waals surface area (Å²) in [5.41, 5.74) is 4.99. The number of primary amides is 1. The Labute approximate surface area is 115 Å². The van der Waals surface area contributed by atoms with Gasteiger partial charge in [0.15, 0.2) is 0 Å². The Morgan fingerprint density at radius 3 is 2.63 bits per heavy atom. The van der Waals surface area contributed by atoms with Crippen LogP contribution in [-0.4, -0.2) is 54.7 Å². The SMILES string of the molecule is COC1CCN(CC(C)(NC2CC2)C(N)=O)C(C)C1. The number of nitrogens with zero attached hydrogens (tertiary/aromatic N) is 1. The first-order valence-corrected chi connectivity index (χ1v) is 7.29. The molecule has 3 unspecified atom stereocenters. The molecule has 5 heteroatoms. The van der Waals surface area contributed by atoms with Crippen LogP contribution in [0.1, 0.15) is 39.5 Å². The summed E-state index contributed by atoms with van der Waals surface area (Å²) in [6.45, 7) is 5.79. The molecule has 0 spiro atoms. The number of carbonyl (C=O) groups is 1. The van der Waals surface area contributed by atoms with Crippen LogP contribution in [0.4, 0.5) is 0 Å². The first-order valence-electron chi connectivity index (χ1n) is 7.29. The van der Waals surface area contributed by atoms with Gasteiger partial charge in [0, 0.05) is 32.3 Å². The van der Waals surface area contributed by atoms with Crippen LogP contribution in [0, 0.1) is 0 Å². The van der Waals surface area contributed by atoms with E-state index in [9.17, 15) is 4.79 Å². The maximum Gasteiger partial charge on any atom is 0.238 e. The number of hydrogen-bond acceptors (Lipinski definition) is 4. The van der Waals surface area contributed by atoms with Gasteiger partial charge in [-0.1, -0.05) is 0 Å². The highest BCUT2D eigenvalue weighted by Gasteiger charge is 2.40. The van der Waals surface area contributed by atoms with Crippen molar-refractivity contribution in [1.82, 2.24) is 10.2 Å². The zero-order valence-electron chi connectivity index (χ0n) is 12.3. The van der Waals surface area contributed by atoms with E-state index in [4.69, 9.17) is 10.5 Å². The molecule has 0 radical (unpaired) electrons. The Balaban J connectivity index is 1.95. The second kappa shape index (κ2) is 5.77. The molecule has 19 heavy (non-hydrogen) atoms.